The number of hydrogen-bond acceptors (Lipinski definition) is 4. The molecular weight excluding hydrogens is 322 g/mol. The molecule has 0 aliphatic carbocycles. The maximum atomic E-state index is 12.6. The molecule has 0 saturated heterocycles. The maximum Gasteiger partial charge on any atom is 0.326 e. The van der Waals surface area contributed by atoms with Gasteiger partial charge in [0, 0.05) is 0 Å². The van der Waals surface area contributed by atoms with Gasteiger partial charge in [0.25, 0.3) is 0 Å². The first-order chi connectivity index (χ1) is 11.5. The topological polar surface area (TPSA) is 122 Å². The largest absolute Gasteiger partial charge is 0.480 e. The smallest absolute Gasteiger partial charge is 0.326 e. The van der Waals surface area contributed by atoms with Crippen molar-refractivity contribution in [3.63, 3.8) is 0 Å². The van der Waals surface area contributed by atoms with Crippen LogP contribution in [0.4, 0.5) is 0 Å². The van der Waals surface area contributed by atoms with E-state index >= 15 is 0 Å². The van der Waals surface area contributed by atoms with Crippen LogP contribution in [0.5, 0.6) is 0 Å². The zero-order valence-electron chi connectivity index (χ0n) is 16.3. The van der Waals surface area contributed by atoms with Crippen LogP contribution in [0.15, 0.2) is 0 Å². The highest BCUT2D eigenvalue weighted by atomic mass is 16.4. The average molecular weight is 357 g/mol. The summed E-state index contributed by atoms with van der Waals surface area (Å²) >= 11 is 0. The minimum absolute atomic E-state index is 0.00496. The molecule has 0 fully saturated rings. The van der Waals surface area contributed by atoms with Crippen LogP contribution in [0, 0.1) is 17.8 Å². The molecule has 0 saturated carbocycles. The second-order valence-electron chi connectivity index (χ2n) is 7.31. The Kier molecular flexibility index (Phi) is 10.4. The second-order valence-corrected chi connectivity index (χ2v) is 7.31. The monoisotopic (exact) mass is 357 g/mol. The highest BCUT2D eigenvalue weighted by Gasteiger charge is 2.31. The van der Waals surface area contributed by atoms with Crippen molar-refractivity contribution < 1.29 is 19.5 Å². The number of carbonyl (C=O) groups is 3. The highest BCUT2D eigenvalue weighted by Crippen LogP contribution is 2.12. The number of aliphatic carboxylic acids is 1. The third-order valence-electron chi connectivity index (χ3n) is 4.68. The van der Waals surface area contributed by atoms with Gasteiger partial charge >= 0.3 is 5.97 Å². The molecule has 0 radical (unpaired) electrons. The van der Waals surface area contributed by atoms with Crippen LogP contribution in [-0.2, 0) is 14.4 Å². The fourth-order valence-electron chi connectivity index (χ4n) is 2.42. The number of hydrogen-bond donors (Lipinski definition) is 4. The molecule has 7 nitrogen and oxygen atoms in total. The van der Waals surface area contributed by atoms with Gasteiger partial charge in [-0.15, -0.1) is 0 Å². The third-order valence-corrected chi connectivity index (χ3v) is 4.68. The molecular formula is C18H35N3O4. The van der Waals surface area contributed by atoms with Gasteiger partial charge in [-0.2, -0.15) is 0 Å². The Bertz CT molecular complexity index is 454. The van der Waals surface area contributed by atoms with Crippen LogP contribution >= 0.6 is 0 Å². The predicted molar refractivity (Wildman–Crippen MR) is 97.8 cm³/mol. The number of nitrogens with one attached hydrogen (secondary N) is 2. The van der Waals surface area contributed by atoms with Crippen LogP contribution in [0.3, 0.4) is 0 Å². The molecule has 0 rings (SSSR count). The lowest BCUT2D eigenvalue weighted by atomic mass is 9.96. The van der Waals surface area contributed by atoms with Crippen molar-refractivity contribution in [3.05, 3.63) is 0 Å². The molecule has 5 N–H and O–H groups in total. The average Bonchev–Trinajstić information content (AvgIpc) is 2.55. The number of amides is 2. The molecule has 7 heteroatoms. The summed E-state index contributed by atoms with van der Waals surface area (Å²) < 4.78 is 0. The first-order valence-electron chi connectivity index (χ1n) is 9.14. The number of rotatable bonds is 11. The molecule has 5 atom stereocenters. The van der Waals surface area contributed by atoms with E-state index in [1.807, 2.05) is 34.6 Å². The summed E-state index contributed by atoms with van der Waals surface area (Å²) in [7, 11) is 0. The SMILES string of the molecule is CC[C@H](C)[C@H](N)C(=O)N[C@@H](CC(C)C)C(=O)N[C@H](C(=O)O)[C@@H](C)CC. The van der Waals surface area contributed by atoms with E-state index in [1.54, 1.807) is 6.92 Å². The van der Waals surface area contributed by atoms with Crippen LogP contribution in [0.2, 0.25) is 0 Å². The summed E-state index contributed by atoms with van der Waals surface area (Å²) in [5.74, 6) is -2.00. The van der Waals surface area contributed by atoms with E-state index in [1.165, 1.54) is 0 Å². The van der Waals surface area contributed by atoms with Gasteiger partial charge in [-0.3, -0.25) is 9.59 Å². The Morgan fingerprint density at radius 1 is 0.920 bits per heavy atom. The molecule has 0 bridgehead atoms. The number of nitrogens with two attached hydrogens (primary N) is 1. The molecule has 0 aromatic rings. The fraction of sp³-hybridized carbons (Fsp3) is 0.833. The van der Waals surface area contributed by atoms with Gasteiger partial charge in [0.05, 0.1) is 6.04 Å². The standard InChI is InChI=1S/C18H35N3O4/c1-7-11(5)14(19)17(23)20-13(9-10(3)4)16(22)21-15(18(24)25)12(6)8-2/h10-15H,7-9,19H2,1-6H3,(H,20,23)(H,21,22)(H,24,25)/t11-,12-,13-,14-,15-/m0/s1. The lowest BCUT2D eigenvalue weighted by Gasteiger charge is -2.27. The van der Waals surface area contributed by atoms with E-state index in [-0.39, 0.29) is 23.7 Å². The van der Waals surface area contributed by atoms with Gasteiger partial charge in [0.1, 0.15) is 12.1 Å². The summed E-state index contributed by atoms with van der Waals surface area (Å²) in [4.78, 5) is 36.3. The van der Waals surface area contributed by atoms with Gasteiger partial charge in [-0.05, 0) is 24.2 Å². The van der Waals surface area contributed by atoms with Gasteiger partial charge in [0.2, 0.25) is 11.8 Å². The Balaban J connectivity index is 5.15. The van der Waals surface area contributed by atoms with Crippen molar-refractivity contribution >= 4 is 17.8 Å². The first-order valence-corrected chi connectivity index (χ1v) is 9.14. The Morgan fingerprint density at radius 2 is 1.44 bits per heavy atom. The second kappa shape index (κ2) is 11.1. The van der Waals surface area contributed by atoms with E-state index in [9.17, 15) is 19.5 Å². The first kappa shape index (κ1) is 23.4. The Morgan fingerprint density at radius 3 is 1.84 bits per heavy atom. The summed E-state index contributed by atoms with van der Waals surface area (Å²) in [5, 5.41) is 14.6. The molecule has 0 aliphatic heterocycles. The van der Waals surface area contributed by atoms with Crippen molar-refractivity contribution in [2.24, 2.45) is 23.5 Å². The molecule has 146 valence electrons. The van der Waals surface area contributed by atoms with Crippen LogP contribution in [-0.4, -0.2) is 41.0 Å². The number of carboxylic acid groups (broad SMARTS) is 1. The maximum absolute atomic E-state index is 12.6. The lowest BCUT2D eigenvalue weighted by Crippen LogP contribution is -2.56. The zero-order chi connectivity index (χ0) is 19.7. The molecule has 0 aliphatic rings. The van der Waals surface area contributed by atoms with E-state index in [4.69, 9.17) is 5.73 Å². The summed E-state index contributed by atoms with van der Waals surface area (Å²) in [6.07, 6.45) is 1.79. The van der Waals surface area contributed by atoms with Crippen molar-refractivity contribution in [2.75, 3.05) is 0 Å². The molecule has 0 aromatic heterocycles. The highest BCUT2D eigenvalue weighted by molar-refractivity contribution is 5.91. The Labute approximate surface area is 151 Å². The van der Waals surface area contributed by atoms with E-state index < -0.39 is 30.0 Å². The summed E-state index contributed by atoms with van der Waals surface area (Å²) in [6, 6.07) is -2.47. The van der Waals surface area contributed by atoms with E-state index in [0.29, 0.717) is 12.8 Å². The van der Waals surface area contributed by atoms with Crippen molar-refractivity contribution in [3.8, 4) is 0 Å². The number of carboxylic acids is 1. The molecule has 2 amide bonds. The van der Waals surface area contributed by atoms with E-state index in [2.05, 4.69) is 10.6 Å². The van der Waals surface area contributed by atoms with Crippen LogP contribution in [0.1, 0.15) is 60.8 Å². The molecule has 25 heavy (non-hydrogen) atoms. The van der Waals surface area contributed by atoms with Crippen molar-refractivity contribution in [2.45, 2.75) is 78.9 Å². The normalized spacial score (nSPS) is 17.3. The molecule has 0 heterocycles. The van der Waals surface area contributed by atoms with Gasteiger partial charge in [0.15, 0.2) is 0 Å². The van der Waals surface area contributed by atoms with Crippen molar-refractivity contribution in [1.82, 2.24) is 10.6 Å². The minimum atomic E-state index is -1.08. The minimum Gasteiger partial charge on any atom is -0.480 e. The number of carbonyl (C=O) groups excluding carboxylic acids is 2. The van der Waals surface area contributed by atoms with Gasteiger partial charge in [-0.25, -0.2) is 4.79 Å². The van der Waals surface area contributed by atoms with Crippen LogP contribution in [0.25, 0.3) is 0 Å². The molecule has 0 unspecified atom stereocenters. The molecule has 0 spiro atoms. The Hall–Kier alpha value is -1.63. The zero-order valence-corrected chi connectivity index (χ0v) is 16.3. The van der Waals surface area contributed by atoms with E-state index in [0.717, 1.165) is 6.42 Å². The third kappa shape index (κ3) is 7.86. The van der Waals surface area contributed by atoms with Crippen molar-refractivity contribution in [1.29, 1.82) is 0 Å². The lowest BCUT2D eigenvalue weighted by molar-refractivity contribution is -0.143. The summed E-state index contributed by atoms with van der Waals surface area (Å²) in [5.41, 5.74) is 5.93. The van der Waals surface area contributed by atoms with Crippen LogP contribution < -0.4 is 16.4 Å². The predicted octanol–water partition coefficient (Wildman–Crippen LogP) is 1.51. The fourth-order valence-corrected chi connectivity index (χ4v) is 2.42. The quantitative estimate of drug-likeness (QED) is 0.446. The van der Waals surface area contributed by atoms with Gasteiger partial charge in [-0.1, -0.05) is 54.4 Å². The molecule has 0 aromatic carbocycles. The summed E-state index contributed by atoms with van der Waals surface area (Å²) in [6.45, 7) is 11.3. The van der Waals surface area contributed by atoms with Gasteiger partial charge < -0.3 is 21.5 Å².